The van der Waals surface area contributed by atoms with E-state index in [-0.39, 0.29) is 11.9 Å². The maximum absolute atomic E-state index is 5.80. The minimum Gasteiger partial charge on any atom is -0.381 e. The van der Waals surface area contributed by atoms with E-state index in [1.807, 2.05) is 30.3 Å². The Morgan fingerprint density at radius 3 is 2.68 bits per heavy atom. The maximum atomic E-state index is 5.80. The Labute approximate surface area is 111 Å². The molecule has 2 heterocycles. The zero-order chi connectivity index (χ0) is 13.1. The lowest BCUT2D eigenvalue weighted by molar-refractivity contribution is 0.0781. The lowest BCUT2D eigenvalue weighted by Crippen LogP contribution is -2.19. The molecule has 2 N–H and O–H groups in total. The van der Waals surface area contributed by atoms with Crippen LogP contribution in [0.1, 0.15) is 24.6 Å². The summed E-state index contributed by atoms with van der Waals surface area (Å²) in [6.07, 6.45) is 2.08. The highest BCUT2D eigenvalue weighted by Crippen LogP contribution is 2.24. The summed E-state index contributed by atoms with van der Waals surface area (Å²) in [6.45, 7) is 1.49. The smallest absolute Gasteiger partial charge is 0.223 e. The fraction of sp³-hybridized carbons (Fsp3) is 0.357. The third-order valence-electron chi connectivity index (χ3n) is 3.23. The first-order valence-electron chi connectivity index (χ1n) is 6.47. The molecule has 19 heavy (non-hydrogen) atoms. The highest BCUT2D eigenvalue weighted by atomic mass is 16.5. The molecule has 1 atom stereocenters. The number of anilines is 1. The number of hydrogen-bond donors (Lipinski definition) is 1. The van der Waals surface area contributed by atoms with Crippen molar-refractivity contribution in [2.75, 3.05) is 18.9 Å². The van der Waals surface area contributed by atoms with Gasteiger partial charge in [-0.15, -0.1) is 0 Å². The van der Waals surface area contributed by atoms with E-state index in [0.29, 0.717) is 12.4 Å². The van der Waals surface area contributed by atoms with Gasteiger partial charge in [0.1, 0.15) is 5.82 Å². The molecule has 1 aromatic carbocycles. The summed E-state index contributed by atoms with van der Waals surface area (Å²) in [6, 6.07) is 9.81. The maximum Gasteiger partial charge on any atom is 0.223 e. The van der Waals surface area contributed by atoms with E-state index in [9.17, 15) is 0 Å². The van der Waals surface area contributed by atoms with Gasteiger partial charge in [-0.25, -0.2) is 4.98 Å². The van der Waals surface area contributed by atoms with E-state index >= 15 is 0 Å². The second kappa shape index (κ2) is 5.32. The molecule has 0 radical (unpaired) electrons. The number of nitrogens with zero attached hydrogens (tertiary/aromatic N) is 3. The van der Waals surface area contributed by atoms with Gasteiger partial charge in [0, 0.05) is 18.1 Å². The fourth-order valence-corrected chi connectivity index (χ4v) is 2.25. The molecule has 0 aliphatic carbocycles. The molecule has 98 valence electrons. The van der Waals surface area contributed by atoms with Crippen molar-refractivity contribution in [3.8, 4) is 11.4 Å². The molecule has 1 aliphatic heterocycles. The Bertz CT molecular complexity index is 553. The van der Waals surface area contributed by atoms with Crippen molar-refractivity contribution >= 4 is 5.95 Å². The summed E-state index contributed by atoms with van der Waals surface area (Å²) in [7, 11) is 0. The Kier molecular flexibility index (Phi) is 3.37. The van der Waals surface area contributed by atoms with Crippen molar-refractivity contribution in [3.05, 3.63) is 36.2 Å². The zero-order valence-corrected chi connectivity index (χ0v) is 10.6. The molecule has 1 saturated heterocycles. The van der Waals surface area contributed by atoms with Crippen LogP contribution in [0.4, 0.5) is 5.95 Å². The molecule has 0 bridgehead atoms. The largest absolute Gasteiger partial charge is 0.381 e. The van der Waals surface area contributed by atoms with Crippen LogP contribution >= 0.6 is 0 Å². The first kappa shape index (κ1) is 12.0. The van der Waals surface area contributed by atoms with Crippen LogP contribution in [-0.2, 0) is 4.74 Å². The molecule has 1 fully saturated rings. The molecule has 5 heteroatoms. The number of hydrogen-bond acceptors (Lipinski definition) is 5. The van der Waals surface area contributed by atoms with E-state index in [1.54, 1.807) is 0 Å². The Morgan fingerprint density at radius 1 is 1.11 bits per heavy atom. The highest BCUT2D eigenvalue weighted by Gasteiger charge is 2.20. The van der Waals surface area contributed by atoms with E-state index in [0.717, 1.165) is 30.8 Å². The number of rotatable bonds is 2. The average Bonchev–Trinajstić information content (AvgIpc) is 2.48. The lowest BCUT2D eigenvalue weighted by atomic mass is 10.0. The quantitative estimate of drug-likeness (QED) is 0.889. The molecule has 0 amide bonds. The monoisotopic (exact) mass is 256 g/mol. The fourth-order valence-electron chi connectivity index (χ4n) is 2.25. The van der Waals surface area contributed by atoms with Crippen molar-refractivity contribution in [3.63, 3.8) is 0 Å². The Hall–Kier alpha value is -2.01. The average molecular weight is 256 g/mol. The van der Waals surface area contributed by atoms with Gasteiger partial charge in [-0.3, -0.25) is 0 Å². The number of nitrogen functional groups attached to an aromatic ring is 1. The molecule has 2 aromatic rings. The minimum atomic E-state index is 0.224. The van der Waals surface area contributed by atoms with Crippen LogP contribution in [0.2, 0.25) is 0 Å². The van der Waals surface area contributed by atoms with Gasteiger partial charge < -0.3 is 10.5 Å². The molecule has 0 spiro atoms. The third-order valence-corrected chi connectivity index (χ3v) is 3.23. The highest BCUT2D eigenvalue weighted by molar-refractivity contribution is 5.55. The van der Waals surface area contributed by atoms with E-state index in [1.165, 1.54) is 0 Å². The van der Waals surface area contributed by atoms with Gasteiger partial charge in [0.05, 0.1) is 6.61 Å². The van der Waals surface area contributed by atoms with Crippen LogP contribution in [0.5, 0.6) is 0 Å². The molecular formula is C14H16N4O. The van der Waals surface area contributed by atoms with Crippen LogP contribution in [0.3, 0.4) is 0 Å². The van der Waals surface area contributed by atoms with E-state index in [2.05, 4.69) is 15.0 Å². The predicted molar refractivity (Wildman–Crippen MR) is 72.5 cm³/mol. The van der Waals surface area contributed by atoms with Gasteiger partial charge in [0.15, 0.2) is 5.82 Å². The van der Waals surface area contributed by atoms with Gasteiger partial charge in [-0.1, -0.05) is 30.3 Å². The topological polar surface area (TPSA) is 73.9 Å². The van der Waals surface area contributed by atoms with Crippen LogP contribution < -0.4 is 5.73 Å². The van der Waals surface area contributed by atoms with Crippen LogP contribution in [0, 0.1) is 0 Å². The number of benzene rings is 1. The predicted octanol–water partition coefficient (Wildman–Crippen LogP) is 2.01. The Morgan fingerprint density at radius 2 is 1.95 bits per heavy atom. The summed E-state index contributed by atoms with van der Waals surface area (Å²) >= 11 is 0. The lowest BCUT2D eigenvalue weighted by Gasteiger charge is -2.21. The van der Waals surface area contributed by atoms with Gasteiger partial charge >= 0.3 is 0 Å². The SMILES string of the molecule is Nc1nc(-c2ccccc2)nc(C2CCCOC2)n1. The number of aromatic nitrogens is 3. The normalized spacial score (nSPS) is 19.3. The first-order chi connectivity index (χ1) is 9.33. The van der Waals surface area contributed by atoms with Crippen molar-refractivity contribution in [1.82, 2.24) is 15.0 Å². The summed E-state index contributed by atoms with van der Waals surface area (Å²) < 4.78 is 5.48. The van der Waals surface area contributed by atoms with Crippen LogP contribution in [-0.4, -0.2) is 28.2 Å². The number of nitrogens with two attached hydrogens (primary N) is 1. The molecule has 1 aliphatic rings. The van der Waals surface area contributed by atoms with Crippen molar-refractivity contribution in [2.24, 2.45) is 0 Å². The van der Waals surface area contributed by atoms with Gasteiger partial charge in [-0.05, 0) is 12.8 Å². The molecule has 3 rings (SSSR count). The minimum absolute atomic E-state index is 0.224. The Balaban J connectivity index is 1.96. The van der Waals surface area contributed by atoms with Gasteiger partial charge in [-0.2, -0.15) is 9.97 Å². The standard InChI is InChI=1S/C14H16N4O/c15-14-17-12(10-5-2-1-3-6-10)16-13(18-14)11-7-4-8-19-9-11/h1-3,5-6,11H,4,7-9H2,(H2,15,16,17,18). The summed E-state index contributed by atoms with van der Waals surface area (Å²) in [5, 5.41) is 0. The third kappa shape index (κ3) is 2.71. The molecule has 1 aromatic heterocycles. The molecule has 0 saturated carbocycles. The van der Waals surface area contributed by atoms with E-state index < -0.39 is 0 Å². The summed E-state index contributed by atoms with van der Waals surface area (Å²) in [5.41, 5.74) is 6.75. The zero-order valence-electron chi connectivity index (χ0n) is 10.6. The summed E-state index contributed by atoms with van der Waals surface area (Å²) in [5.74, 6) is 1.87. The summed E-state index contributed by atoms with van der Waals surface area (Å²) in [4.78, 5) is 13.0. The van der Waals surface area contributed by atoms with Crippen LogP contribution in [0.15, 0.2) is 30.3 Å². The second-order valence-electron chi connectivity index (χ2n) is 4.66. The van der Waals surface area contributed by atoms with Gasteiger partial charge in [0.25, 0.3) is 0 Å². The second-order valence-corrected chi connectivity index (χ2v) is 4.66. The molecule has 1 unspecified atom stereocenters. The van der Waals surface area contributed by atoms with Crippen LogP contribution in [0.25, 0.3) is 11.4 Å². The van der Waals surface area contributed by atoms with Crippen molar-refractivity contribution in [2.45, 2.75) is 18.8 Å². The van der Waals surface area contributed by atoms with Crippen molar-refractivity contribution < 1.29 is 4.74 Å². The molecular weight excluding hydrogens is 240 g/mol. The first-order valence-corrected chi connectivity index (χ1v) is 6.47. The number of ether oxygens (including phenoxy) is 1. The molecule has 5 nitrogen and oxygen atoms in total. The van der Waals surface area contributed by atoms with Crippen molar-refractivity contribution in [1.29, 1.82) is 0 Å². The van der Waals surface area contributed by atoms with E-state index in [4.69, 9.17) is 10.5 Å². The van der Waals surface area contributed by atoms with Gasteiger partial charge in [0.2, 0.25) is 5.95 Å².